The van der Waals surface area contributed by atoms with E-state index in [0.29, 0.717) is 11.5 Å². The lowest BCUT2D eigenvalue weighted by molar-refractivity contribution is 0.0697. The van der Waals surface area contributed by atoms with Gasteiger partial charge in [0.1, 0.15) is 0 Å². The Labute approximate surface area is 111 Å². The maximum atomic E-state index is 11.0. The number of aryl methyl sites for hydroxylation is 1. The number of aromatic nitrogens is 2. The summed E-state index contributed by atoms with van der Waals surface area (Å²) in [6.45, 7) is 1.82. The highest BCUT2D eigenvalue weighted by Gasteiger charge is 2.36. The van der Waals surface area contributed by atoms with Gasteiger partial charge < -0.3 is 5.11 Å². The summed E-state index contributed by atoms with van der Waals surface area (Å²) < 4.78 is 20.7. The monoisotopic (exact) mass is 282 g/mol. The van der Waals surface area contributed by atoms with Crippen molar-refractivity contribution in [3.8, 4) is 0 Å². The summed E-state index contributed by atoms with van der Waals surface area (Å²) in [5, 5.41) is 14.2. The highest BCUT2D eigenvalue weighted by molar-refractivity contribution is 8.25. The van der Waals surface area contributed by atoms with Gasteiger partial charge >= 0.3 is 5.97 Å². The molecule has 0 saturated carbocycles. The van der Waals surface area contributed by atoms with Gasteiger partial charge in [0.15, 0.2) is 0 Å². The van der Waals surface area contributed by atoms with Crippen molar-refractivity contribution >= 4 is 27.5 Å². The summed E-state index contributed by atoms with van der Waals surface area (Å²) >= 11 is 0. The van der Waals surface area contributed by atoms with Gasteiger partial charge in [-0.05, 0) is 25.1 Å². The normalized spacial score (nSPS) is 20.2. The van der Waals surface area contributed by atoms with Crippen LogP contribution < -0.4 is 0 Å². The summed E-state index contributed by atoms with van der Waals surface area (Å²) in [6.07, 6.45) is 0. The quantitative estimate of drug-likeness (QED) is 0.785. The number of hydrogen-bond acceptors (Lipinski definition) is 4. The Hall–Kier alpha value is -1.57. The number of fused-ring (bicyclic) bond motifs is 1. The predicted octanol–water partition coefficient (Wildman–Crippen LogP) is 2.35. The lowest BCUT2D eigenvalue weighted by Crippen LogP contribution is -2.35. The van der Waals surface area contributed by atoms with E-state index < -0.39 is 16.6 Å². The second-order valence-corrected chi connectivity index (χ2v) is 7.13. The Morgan fingerprint density at radius 3 is 2.68 bits per heavy atom. The summed E-state index contributed by atoms with van der Waals surface area (Å²) in [6, 6.07) is 4.85. The molecule has 6 nitrogen and oxygen atoms in total. The smallest absolute Gasteiger partial charge is 0.335 e. The zero-order valence-electron chi connectivity index (χ0n) is 10.3. The molecule has 1 fully saturated rings. The molecule has 0 radical (unpaired) electrons. The Morgan fingerprint density at radius 2 is 2.11 bits per heavy atom. The van der Waals surface area contributed by atoms with Crippen LogP contribution in [0.1, 0.15) is 22.1 Å². The van der Waals surface area contributed by atoms with Crippen LogP contribution in [0.4, 0.5) is 0 Å². The summed E-state index contributed by atoms with van der Waals surface area (Å²) in [5.41, 5.74) is 1.82. The Balaban J connectivity index is 2.06. The van der Waals surface area contributed by atoms with Gasteiger partial charge in [-0.1, -0.05) is 0 Å². The van der Waals surface area contributed by atoms with E-state index in [1.807, 2.05) is 6.92 Å². The third-order valence-corrected chi connectivity index (χ3v) is 5.24. The Morgan fingerprint density at radius 1 is 1.42 bits per heavy atom. The lowest BCUT2D eigenvalue weighted by Gasteiger charge is -2.47. The van der Waals surface area contributed by atoms with Gasteiger partial charge in [0.2, 0.25) is 0 Å². The van der Waals surface area contributed by atoms with Crippen molar-refractivity contribution in [2.45, 2.75) is 13.0 Å². The van der Waals surface area contributed by atoms with Crippen LogP contribution in [0.25, 0.3) is 10.9 Å². The number of carboxylic acid groups (broad SMARTS) is 1. The Bertz CT molecular complexity index is 672. The molecule has 1 aromatic heterocycles. The molecule has 102 valence electrons. The van der Waals surface area contributed by atoms with Crippen molar-refractivity contribution in [2.75, 3.05) is 11.5 Å². The summed E-state index contributed by atoms with van der Waals surface area (Å²) in [5.74, 6) is -0.319. The molecule has 0 bridgehead atoms. The molecular formula is C12H14N2O4S. The van der Waals surface area contributed by atoms with E-state index in [2.05, 4.69) is 5.10 Å². The fourth-order valence-electron chi connectivity index (χ4n) is 2.41. The first-order chi connectivity index (χ1) is 8.87. The van der Waals surface area contributed by atoms with E-state index >= 15 is 0 Å². The molecule has 0 atom stereocenters. The van der Waals surface area contributed by atoms with E-state index in [0.717, 1.165) is 16.6 Å². The van der Waals surface area contributed by atoms with Crippen molar-refractivity contribution in [2.24, 2.45) is 0 Å². The van der Waals surface area contributed by atoms with E-state index in [1.165, 1.54) is 0 Å². The van der Waals surface area contributed by atoms with Crippen LogP contribution in [0.2, 0.25) is 0 Å². The standard InChI is InChI=1S/C12H14N2O4S/c1-7-10-4-8(12(15)16)2-3-11(10)14(13-7)9-5-19(17,18)6-9/h2-4,9,17-18H,5-6H2,1H3,(H,15,16). The van der Waals surface area contributed by atoms with E-state index in [1.54, 1.807) is 22.9 Å². The molecule has 2 aromatic rings. The molecule has 1 saturated heterocycles. The molecule has 1 aliphatic rings. The zero-order valence-corrected chi connectivity index (χ0v) is 11.1. The number of hydrogen-bond donors (Lipinski definition) is 3. The van der Waals surface area contributed by atoms with E-state index in [-0.39, 0.29) is 11.6 Å². The van der Waals surface area contributed by atoms with E-state index in [9.17, 15) is 13.9 Å². The molecule has 1 aliphatic heterocycles. The highest BCUT2D eigenvalue weighted by Crippen LogP contribution is 2.54. The molecule has 0 spiro atoms. The molecule has 0 amide bonds. The van der Waals surface area contributed by atoms with Crippen LogP contribution in [-0.4, -0.2) is 41.5 Å². The lowest BCUT2D eigenvalue weighted by atomic mass is 10.1. The molecule has 19 heavy (non-hydrogen) atoms. The fraction of sp³-hybridized carbons (Fsp3) is 0.333. The number of rotatable bonds is 2. The average molecular weight is 282 g/mol. The number of carbonyl (C=O) groups is 1. The van der Waals surface area contributed by atoms with Gasteiger partial charge in [-0.2, -0.15) is 15.7 Å². The topological polar surface area (TPSA) is 95.6 Å². The first-order valence-electron chi connectivity index (χ1n) is 5.83. The van der Waals surface area contributed by atoms with Crippen molar-refractivity contribution in [3.05, 3.63) is 29.5 Å². The minimum absolute atomic E-state index is 0.0168. The predicted molar refractivity (Wildman–Crippen MR) is 73.0 cm³/mol. The second kappa shape index (κ2) is 3.96. The molecule has 0 unspecified atom stereocenters. The van der Waals surface area contributed by atoms with Gasteiger partial charge in [-0.25, -0.2) is 4.79 Å². The van der Waals surface area contributed by atoms with Gasteiger partial charge in [-0.3, -0.25) is 13.8 Å². The summed E-state index contributed by atoms with van der Waals surface area (Å²) in [4.78, 5) is 11.0. The third kappa shape index (κ3) is 1.99. The van der Waals surface area contributed by atoms with E-state index in [4.69, 9.17) is 5.11 Å². The average Bonchev–Trinajstić information content (AvgIpc) is 2.63. The SMILES string of the molecule is Cc1nn(C2CS(O)(O)C2)c2ccc(C(=O)O)cc12. The van der Waals surface area contributed by atoms with Crippen LogP contribution in [0, 0.1) is 6.92 Å². The third-order valence-electron chi connectivity index (χ3n) is 3.40. The molecule has 0 aliphatic carbocycles. The van der Waals surface area contributed by atoms with Gasteiger partial charge in [0, 0.05) is 5.39 Å². The number of nitrogens with zero attached hydrogens (tertiary/aromatic N) is 2. The van der Waals surface area contributed by atoms with Gasteiger partial charge in [-0.15, -0.1) is 0 Å². The number of carboxylic acids is 1. The van der Waals surface area contributed by atoms with Gasteiger partial charge in [0.25, 0.3) is 0 Å². The first kappa shape index (κ1) is 12.5. The van der Waals surface area contributed by atoms with Crippen LogP contribution in [0.5, 0.6) is 0 Å². The molecular weight excluding hydrogens is 268 g/mol. The van der Waals surface area contributed by atoms with Crippen LogP contribution >= 0.6 is 10.6 Å². The Kier molecular flexibility index (Phi) is 2.60. The fourth-order valence-corrected chi connectivity index (χ4v) is 3.83. The molecule has 2 heterocycles. The highest BCUT2D eigenvalue weighted by atomic mass is 32.3. The van der Waals surface area contributed by atoms with Crippen molar-refractivity contribution < 1.29 is 19.0 Å². The van der Waals surface area contributed by atoms with Crippen LogP contribution in [-0.2, 0) is 0 Å². The van der Waals surface area contributed by atoms with Gasteiger partial charge in [0.05, 0.1) is 34.3 Å². The maximum absolute atomic E-state index is 11.0. The minimum atomic E-state index is -2.41. The second-order valence-electron chi connectivity index (χ2n) is 4.86. The van der Waals surface area contributed by atoms with Crippen molar-refractivity contribution in [3.63, 3.8) is 0 Å². The van der Waals surface area contributed by atoms with Crippen molar-refractivity contribution in [1.82, 2.24) is 9.78 Å². The maximum Gasteiger partial charge on any atom is 0.335 e. The number of benzene rings is 1. The molecule has 1 aromatic carbocycles. The summed E-state index contributed by atoms with van der Waals surface area (Å²) in [7, 11) is -2.41. The molecule has 7 heteroatoms. The van der Waals surface area contributed by atoms with Crippen molar-refractivity contribution in [1.29, 1.82) is 0 Å². The number of aromatic carboxylic acids is 1. The molecule has 3 N–H and O–H groups in total. The zero-order chi connectivity index (χ0) is 13.8. The van der Waals surface area contributed by atoms with Crippen LogP contribution in [0.15, 0.2) is 18.2 Å². The molecule has 3 rings (SSSR count). The largest absolute Gasteiger partial charge is 0.478 e. The first-order valence-corrected chi connectivity index (χ1v) is 7.72. The van der Waals surface area contributed by atoms with Crippen LogP contribution in [0.3, 0.4) is 0 Å². The minimum Gasteiger partial charge on any atom is -0.478 e.